The van der Waals surface area contributed by atoms with Crippen molar-refractivity contribution in [2.24, 2.45) is 10.8 Å². The number of aryl methyl sites for hydroxylation is 1. The molecular formula is C29H39N3O3. The zero-order valence-electron chi connectivity index (χ0n) is 22.1. The zero-order valence-corrected chi connectivity index (χ0v) is 22.1. The number of carboxylic acids is 1. The van der Waals surface area contributed by atoms with Gasteiger partial charge in [-0.25, -0.2) is 4.98 Å². The van der Waals surface area contributed by atoms with Gasteiger partial charge in [-0.1, -0.05) is 27.7 Å². The van der Waals surface area contributed by atoms with E-state index in [0.29, 0.717) is 0 Å². The molecule has 0 amide bonds. The van der Waals surface area contributed by atoms with E-state index in [9.17, 15) is 9.90 Å². The van der Waals surface area contributed by atoms with Crippen LogP contribution in [0, 0.1) is 17.8 Å². The van der Waals surface area contributed by atoms with Crippen LogP contribution in [0.4, 0.5) is 11.6 Å². The number of imidazole rings is 1. The Morgan fingerprint density at radius 1 is 1.14 bits per heavy atom. The number of nitrogens with one attached hydrogen (secondary N) is 1. The zero-order chi connectivity index (χ0) is 25.5. The number of fused-ring (bicyclic) bond motifs is 1. The van der Waals surface area contributed by atoms with Crippen LogP contribution in [-0.4, -0.2) is 26.7 Å². The van der Waals surface area contributed by atoms with E-state index in [1.54, 1.807) is 0 Å². The number of carboxylic acid groups (broad SMARTS) is 1. The van der Waals surface area contributed by atoms with E-state index in [1.807, 2.05) is 51.1 Å². The summed E-state index contributed by atoms with van der Waals surface area (Å²) >= 11 is 0. The summed E-state index contributed by atoms with van der Waals surface area (Å²) in [7, 11) is 0. The summed E-state index contributed by atoms with van der Waals surface area (Å²) in [6.07, 6.45) is 3.43. The highest BCUT2D eigenvalue weighted by Gasteiger charge is 2.40. The Morgan fingerprint density at radius 2 is 1.77 bits per heavy atom. The topological polar surface area (TPSA) is 76.4 Å². The predicted molar refractivity (Wildman–Crippen MR) is 142 cm³/mol. The third kappa shape index (κ3) is 5.80. The molecule has 35 heavy (non-hydrogen) atoms. The van der Waals surface area contributed by atoms with Gasteiger partial charge in [-0.05, 0) is 98.4 Å². The van der Waals surface area contributed by atoms with Crippen molar-refractivity contribution in [3.8, 4) is 5.75 Å². The molecule has 0 spiro atoms. The summed E-state index contributed by atoms with van der Waals surface area (Å²) in [6, 6.07) is 12.3. The maximum absolute atomic E-state index is 11.4. The number of hydrogen-bond donors (Lipinski definition) is 2. The average molecular weight is 478 g/mol. The van der Waals surface area contributed by atoms with Gasteiger partial charge in [-0.3, -0.25) is 4.79 Å². The predicted octanol–water partition coefficient (Wildman–Crippen LogP) is 7.28. The molecule has 1 heterocycles. The fraction of sp³-hybridized carbons (Fsp3) is 0.517. The number of anilines is 2. The molecule has 0 aliphatic heterocycles. The fourth-order valence-corrected chi connectivity index (χ4v) is 6.09. The maximum Gasteiger partial charge on any atom is 0.307 e. The molecule has 1 fully saturated rings. The van der Waals surface area contributed by atoms with Crippen molar-refractivity contribution in [1.82, 2.24) is 9.55 Å². The lowest BCUT2D eigenvalue weighted by Crippen LogP contribution is -2.35. The van der Waals surface area contributed by atoms with Crippen molar-refractivity contribution in [2.75, 3.05) is 5.32 Å². The Morgan fingerprint density at radius 3 is 2.34 bits per heavy atom. The molecule has 0 atom stereocenters. The van der Waals surface area contributed by atoms with Crippen LogP contribution < -0.4 is 10.1 Å². The van der Waals surface area contributed by atoms with Crippen LogP contribution in [0.3, 0.4) is 0 Å². The van der Waals surface area contributed by atoms with E-state index in [-0.39, 0.29) is 29.4 Å². The Balaban J connectivity index is 1.79. The maximum atomic E-state index is 11.4. The molecule has 2 aromatic carbocycles. The number of ether oxygens (including phenoxy) is 1. The number of aliphatic carboxylic acids is 1. The van der Waals surface area contributed by atoms with Crippen LogP contribution in [0.15, 0.2) is 36.4 Å². The minimum Gasteiger partial charge on any atom is -0.491 e. The van der Waals surface area contributed by atoms with E-state index in [0.717, 1.165) is 52.4 Å². The van der Waals surface area contributed by atoms with Crippen LogP contribution in [0.25, 0.3) is 11.0 Å². The summed E-state index contributed by atoms with van der Waals surface area (Å²) in [5.41, 5.74) is 5.04. The molecule has 0 saturated heterocycles. The molecule has 1 aliphatic rings. The first-order valence-electron chi connectivity index (χ1n) is 12.6. The van der Waals surface area contributed by atoms with Crippen LogP contribution >= 0.6 is 0 Å². The average Bonchev–Trinajstić information content (AvgIpc) is 3.03. The van der Waals surface area contributed by atoms with Gasteiger partial charge in [0.05, 0.1) is 23.6 Å². The van der Waals surface area contributed by atoms with Crippen LogP contribution in [0.1, 0.15) is 78.0 Å². The normalized spacial score (nSPS) is 17.6. The highest BCUT2D eigenvalue weighted by atomic mass is 16.5. The van der Waals surface area contributed by atoms with Gasteiger partial charge in [0.1, 0.15) is 5.75 Å². The number of aromatic nitrogens is 2. The van der Waals surface area contributed by atoms with Crippen molar-refractivity contribution in [2.45, 2.75) is 86.3 Å². The fourth-order valence-electron chi connectivity index (χ4n) is 6.09. The lowest BCUT2D eigenvalue weighted by Gasteiger charge is -2.45. The highest BCUT2D eigenvalue weighted by molar-refractivity contribution is 5.83. The molecule has 3 aromatic rings. The van der Waals surface area contributed by atoms with Crippen molar-refractivity contribution in [1.29, 1.82) is 0 Å². The van der Waals surface area contributed by atoms with E-state index >= 15 is 0 Å². The Hall–Kier alpha value is -3.02. The molecule has 0 radical (unpaired) electrons. The molecule has 0 bridgehead atoms. The van der Waals surface area contributed by atoms with Crippen LogP contribution in [0.5, 0.6) is 5.75 Å². The van der Waals surface area contributed by atoms with Gasteiger partial charge >= 0.3 is 5.97 Å². The van der Waals surface area contributed by atoms with Gasteiger partial charge in [0.2, 0.25) is 5.95 Å². The van der Waals surface area contributed by atoms with Crippen molar-refractivity contribution < 1.29 is 14.6 Å². The summed E-state index contributed by atoms with van der Waals surface area (Å²) in [4.78, 5) is 16.4. The summed E-state index contributed by atoms with van der Waals surface area (Å²) in [5.74, 6) is 0.802. The first-order valence-corrected chi connectivity index (χ1v) is 12.6. The second-order valence-electron chi connectivity index (χ2n) is 12.0. The minimum atomic E-state index is -0.829. The van der Waals surface area contributed by atoms with E-state index in [4.69, 9.17) is 9.72 Å². The molecule has 4 rings (SSSR count). The largest absolute Gasteiger partial charge is 0.491 e. The summed E-state index contributed by atoms with van der Waals surface area (Å²) in [5, 5.41) is 12.9. The molecule has 1 aliphatic carbocycles. The molecule has 6 heteroatoms. The van der Waals surface area contributed by atoms with Crippen LogP contribution in [0.2, 0.25) is 0 Å². The van der Waals surface area contributed by atoms with Gasteiger partial charge < -0.3 is 19.7 Å². The summed E-state index contributed by atoms with van der Waals surface area (Å²) in [6.45, 7) is 15.5. The third-order valence-electron chi connectivity index (χ3n) is 6.87. The standard InChI is InChI=1S/C29H39N3O3/c1-18(2)35-23-10-8-21(9-11-23)30-27-31-24-13-20(14-26(33)34)19(3)12-25(24)32(27)22-15-28(4,5)17-29(6,7)16-22/h8-13,18,22H,14-17H2,1-7H3,(H,30,31)(H,33,34). The second-order valence-corrected chi connectivity index (χ2v) is 12.0. The Bertz CT molecular complexity index is 1210. The molecule has 2 N–H and O–H groups in total. The molecule has 188 valence electrons. The van der Waals surface area contributed by atoms with E-state index in [1.165, 1.54) is 6.42 Å². The SMILES string of the molecule is Cc1cc2c(cc1CC(=O)O)nc(Nc1ccc(OC(C)C)cc1)n2C1CC(C)(C)CC(C)(C)C1. The summed E-state index contributed by atoms with van der Waals surface area (Å²) < 4.78 is 8.15. The molecular weight excluding hydrogens is 438 g/mol. The monoisotopic (exact) mass is 477 g/mol. The Kier molecular flexibility index (Phi) is 6.60. The first-order chi connectivity index (χ1) is 16.3. The van der Waals surface area contributed by atoms with Gasteiger partial charge in [0.15, 0.2) is 0 Å². The third-order valence-corrected chi connectivity index (χ3v) is 6.87. The van der Waals surface area contributed by atoms with Crippen molar-refractivity contribution >= 4 is 28.6 Å². The van der Waals surface area contributed by atoms with Crippen LogP contribution in [-0.2, 0) is 11.2 Å². The second kappa shape index (κ2) is 9.21. The molecule has 6 nitrogen and oxygen atoms in total. The lowest BCUT2D eigenvalue weighted by atomic mass is 9.63. The lowest BCUT2D eigenvalue weighted by molar-refractivity contribution is -0.136. The quantitative estimate of drug-likeness (QED) is 0.374. The van der Waals surface area contributed by atoms with Crippen molar-refractivity contribution in [3.05, 3.63) is 47.5 Å². The molecule has 1 aromatic heterocycles. The molecule has 1 saturated carbocycles. The molecule has 0 unspecified atom stereocenters. The highest BCUT2D eigenvalue weighted by Crippen LogP contribution is 2.51. The smallest absolute Gasteiger partial charge is 0.307 e. The number of carbonyl (C=O) groups is 1. The van der Waals surface area contributed by atoms with Gasteiger partial charge in [0, 0.05) is 11.7 Å². The first kappa shape index (κ1) is 25.1. The Labute approximate surface area is 208 Å². The van der Waals surface area contributed by atoms with Crippen molar-refractivity contribution in [3.63, 3.8) is 0 Å². The number of benzene rings is 2. The van der Waals surface area contributed by atoms with E-state index in [2.05, 4.69) is 43.6 Å². The number of nitrogens with zero attached hydrogens (tertiary/aromatic N) is 2. The van der Waals surface area contributed by atoms with Gasteiger partial charge in [0.25, 0.3) is 0 Å². The number of hydrogen-bond acceptors (Lipinski definition) is 4. The van der Waals surface area contributed by atoms with E-state index < -0.39 is 5.97 Å². The van der Waals surface area contributed by atoms with Gasteiger partial charge in [-0.15, -0.1) is 0 Å². The minimum absolute atomic E-state index is 0.00179. The van der Waals surface area contributed by atoms with Gasteiger partial charge in [-0.2, -0.15) is 0 Å². The number of rotatable bonds is 7.